The highest BCUT2D eigenvalue weighted by atomic mass is 19.1. The molecule has 0 aliphatic carbocycles. The van der Waals surface area contributed by atoms with Crippen LogP contribution in [0.25, 0.3) is 22.1 Å². The summed E-state index contributed by atoms with van der Waals surface area (Å²) < 4.78 is 46.9. The largest absolute Gasteiger partial charge is 0.488 e. The van der Waals surface area contributed by atoms with Gasteiger partial charge in [0.15, 0.2) is 0 Å². The maximum Gasteiger partial charge on any atom is 0.310 e. The molecule has 0 saturated carbocycles. The molecular formula is C27H25F2NO4. The van der Waals surface area contributed by atoms with Crippen LogP contribution in [0.2, 0.25) is 0 Å². The molecule has 0 spiro atoms. The summed E-state index contributed by atoms with van der Waals surface area (Å²) in [6, 6.07) is 13.4. The van der Waals surface area contributed by atoms with Gasteiger partial charge in [0.05, 0.1) is 24.7 Å². The van der Waals surface area contributed by atoms with Gasteiger partial charge >= 0.3 is 5.97 Å². The zero-order chi connectivity index (χ0) is 24.2. The average molecular weight is 465 g/mol. The molecule has 34 heavy (non-hydrogen) atoms. The summed E-state index contributed by atoms with van der Waals surface area (Å²) in [4.78, 5) is 12.0. The molecule has 1 aromatic heterocycles. The van der Waals surface area contributed by atoms with Gasteiger partial charge in [-0.05, 0) is 37.6 Å². The highest BCUT2D eigenvalue weighted by Gasteiger charge is 2.20. The van der Waals surface area contributed by atoms with E-state index in [1.165, 1.54) is 18.4 Å². The number of esters is 1. The number of hydrogen-bond acceptors (Lipinski definition) is 5. The first kappa shape index (κ1) is 23.4. The molecule has 0 aliphatic heterocycles. The van der Waals surface area contributed by atoms with Crippen molar-refractivity contribution in [2.75, 3.05) is 6.61 Å². The molecule has 0 saturated heterocycles. The van der Waals surface area contributed by atoms with E-state index in [4.69, 9.17) is 19.6 Å². The minimum Gasteiger partial charge on any atom is -0.488 e. The lowest BCUT2D eigenvalue weighted by Crippen LogP contribution is -2.09. The van der Waals surface area contributed by atoms with E-state index in [1.807, 2.05) is 13.0 Å². The van der Waals surface area contributed by atoms with Crippen molar-refractivity contribution >= 4 is 16.9 Å². The number of furan rings is 1. The van der Waals surface area contributed by atoms with Crippen LogP contribution in [-0.2, 0) is 29.1 Å². The molecular weight excluding hydrogens is 440 g/mol. The van der Waals surface area contributed by atoms with E-state index in [-0.39, 0.29) is 54.2 Å². The smallest absolute Gasteiger partial charge is 0.310 e. The van der Waals surface area contributed by atoms with Crippen LogP contribution in [0.3, 0.4) is 0 Å². The van der Waals surface area contributed by atoms with Crippen molar-refractivity contribution in [1.29, 1.82) is 0 Å². The Labute approximate surface area is 196 Å². The van der Waals surface area contributed by atoms with Crippen molar-refractivity contribution in [1.82, 2.24) is 0 Å². The maximum atomic E-state index is 15.3. The van der Waals surface area contributed by atoms with E-state index < -0.39 is 11.6 Å². The molecule has 176 valence electrons. The molecule has 1 heterocycles. The minimum atomic E-state index is -0.512. The first-order valence-electron chi connectivity index (χ1n) is 11.0. The quantitative estimate of drug-likeness (QED) is 0.332. The third kappa shape index (κ3) is 4.65. The van der Waals surface area contributed by atoms with E-state index >= 15 is 8.78 Å². The second-order valence-electron chi connectivity index (χ2n) is 7.93. The van der Waals surface area contributed by atoms with Gasteiger partial charge in [-0.15, -0.1) is 0 Å². The Morgan fingerprint density at radius 2 is 1.82 bits per heavy atom. The van der Waals surface area contributed by atoms with Gasteiger partial charge in [0, 0.05) is 34.4 Å². The number of fused-ring (bicyclic) bond motifs is 1. The van der Waals surface area contributed by atoms with Gasteiger partial charge in [0.1, 0.15) is 29.6 Å². The Balaban J connectivity index is 1.72. The molecule has 0 bridgehead atoms. The van der Waals surface area contributed by atoms with E-state index in [1.54, 1.807) is 37.3 Å². The van der Waals surface area contributed by atoms with Gasteiger partial charge < -0.3 is 19.6 Å². The van der Waals surface area contributed by atoms with Crippen molar-refractivity contribution in [3.63, 3.8) is 0 Å². The zero-order valence-electron chi connectivity index (χ0n) is 19.0. The highest BCUT2D eigenvalue weighted by Crippen LogP contribution is 2.36. The fraction of sp³-hybridized carbons (Fsp3) is 0.222. The minimum absolute atomic E-state index is 0.0364. The molecule has 4 rings (SSSR count). The van der Waals surface area contributed by atoms with Crippen LogP contribution in [0.4, 0.5) is 8.78 Å². The van der Waals surface area contributed by atoms with E-state index in [0.29, 0.717) is 22.4 Å². The molecule has 7 heteroatoms. The number of halogens is 2. The number of nitrogens with two attached hydrogens (primary N) is 1. The number of hydrogen-bond donors (Lipinski definition) is 1. The summed E-state index contributed by atoms with van der Waals surface area (Å²) in [5.41, 5.74) is 8.71. The average Bonchev–Trinajstić information content (AvgIpc) is 3.31. The Bertz CT molecular complexity index is 1350. The van der Waals surface area contributed by atoms with E-state index in [9.17, 15) is 4.79 Å². The lowest BCUT2D eigenvalue weighted by molar-refractivity contribution is -0.142. The third-order valence-corrected chi connectivity index (χ3v) is 5.58. The van der Waals surface area contributed by atoms with Gasteiger partial charge in [0.25, 0.3) is 0 Å². The fourth-order valence-corrected chi connectivity index (χ4v) is 3.88. The lowest BCUT2D eigenvalue weighted by atomic mass is 9.97. The van der Waals surface area contributed by atoms with Crippen molar-refractivity contribution in [2.45, 2.75) is 33.4 Å². The molecule has 5 nitrogen and oxygen atoms in total. The normalized spacial score (nSPS) is 11.1. The Kier molecular flexibility index (Phi) is 6.93. The monoisotopic (exact) mass is 465 g/mol. The second kappa shape index (κ2) is 10.1. The Morgan fingerprint density at radius 1 is 1.00 bits per heavy atom. The topological polar surface area (TPSA) is 74.7 Å². The van der Waals surface area contributed by atoms with Gasteiger partial charge in [-0.2, -0.15) is 0 Å². The van der Waals surface area contributed by atoms with Crippen LogP contribution in [0, 0.1) is 18.6 Å². The number of carbonyl (C=O) groups is 1. The molecule has 4 aromatic rings. The van der Waals surface area contributed by atoms with Crippen LogP contribution < -0.4 is 10.5 Å². The van der Waals surface area contributed by atoms with Gasteiger partial charge in [-0.3, -0.25) is 4.79 Å². The zero-order valence-corrected chi connectivity index (χ0v) is 19.0. The second-order valence-corrected chi connectivity index (χ2v) is 7.93. The highest BCUT2D eigenvalue weighted by molar-refractivity contribution is 5.94. The predicted octanol–water partition coefficient (Wildman–Crippen LogP) is 5.83. The number of aryl methyl sites for hydroxylation is 1. The molecule has 0 unspecified atom stereocenters. The van der Waals surface area contributed by atoms with Gasteiger partial charge in [0.2, 0.25) is 0 Å². The van der Waals surface area contributed by atoms with E-state index in [0.717, 1.165) is 5.56 Å². The Morgan fingerprint density at radius 3 is 2.59 bits per heavy atom. The van der Waals surface area contributed by atoms with Crippen LogP contribution >= 0.6 is 0 Å². The Hall–Kier alpha value is -3.71. The summed E-state index contributed by atoms with van der Waals surface area (Å²) in [7, 11) is 0. The van der Waals surface area contributed by atoms with Crippen molar-refractivity contribution in [3.05, 3.63) is 88.7 Å². The van der Waals surface area contributed by atoms with Crippen LogP contribution in [0.15, 0.2) is 59.2 Å². The molecule has 3 aromatic carbocycles. The number of rotatable bonds is 8. The van der Waals surface area contributed by atoms with Gasteiger partial charge in [-0.1, -0.05) is 30.3 Å². The first-order valence-corrected chi connectivity index (χ1v) is 11.0. The standard InChI is InChI=1S/C27H25F2NO4/c1-3-32-24(31)13-17-8-7-16(2)11-23(17)34-15-19-12-22(27-21(26(19)29)9-10-33-27)20-6-4-5-18(14-30)25(20)28/h4-12H,3,13-15,30H2,1-2H3. The fourth-order valence-electron chi connectivity index (χ4n) is 3.88. The van der Waals surface area contributed by atoms with Crippen molar-refractivity contribution in [3.8, 4) is 16.9 Å². The first-order chi connectivity index (χ1) is 16.4. The SMILES string of the molecule is CCOC(=O)Cc1ccc(C)cc1OCc1cc(-c2cccc(CN)c2F)c2occc2c1F. The van der Waals surface area contributed by atoms with Crippen LogP contribution in [0.1, 0.15) is 29.2 Å². The van der Waals surface area contributed by atoms with Gasteiger partial charge in [-0.25, -0.2) is 8.78 Å². The summed E-state index contributed by atoms with van der Waals surface area (Å²) in [6.07, 6.45) is 1.40. The van der Waals surface area contributed by atoms with Crippen molar-refractivity contribution in [2.24, 2.45) is 5.73 Å². The molecule has 0 atom stereocenters. The molecule has 0 radical (unpaired) electrons. The summed E-state index contributed by atoms with van der Waals surface area (Å²) in [5.74, 6) is -0.906. The molecule has 0 amide bonds. The molecule has 0 fully saturated rings. The van der Waals surface area contributed by atoms with Crippen LogP contribution in [0.5, 0.6) is 5.75 Å². The third-order valence-electron chi connectivity index (χ3n) is 5.58. The maximum absolute atomic E-state index is 15.3. The molecule has 0 aliphatic rings. The summed E-state index contributed by atoms with van der Waals surface area (Å²) in [5, 5.41) is 0.227. The lowest BCUT2D eigenvalue weighted by Gasteiger charge is -2.15. The summed E-state index contributed by atoms with van der Waals surface area (Å²) >= 11 is 0. The predicted molar refractivity (Wildman–Crippen MR) is 125 cm³/mol. The number of benzene rings is 3. The van der Waals surface area contributed by atoms with Crippen molar-refractivity contribution < 1.29 is 27.5 Å². The summed E-state index contributed by atoms with van der Waals surface area (Å²) in [6.45, 7) is 3.82. The molecule has 2 N–H and O–H groups in total. The number of carbonyl (C=O) groups excluding carboxylic acids is 1. The van der Waals surface area contributed by atoms with Crippen LogP contribution in [-0.4, -0.2) is 12.6 Å². The van der Waals surface area contributed by atoms with E-state index in [2.05, 4.69) is 0 Å². The number of ether oxygens (including phenoxy) is 2.